The van der Waals surface area contributed by atoms with E-state index in [0.29, 0.717) is 0 Å². The van der Waals surface area contributed by atoms with Crippen LogP contribution < -0.4 is 11.1 Å². The summed E-state index contributed by atoms with van der Waals surface area (Å²) < 4.78 is 0. The molecule has 0 aromatic carbocycles. The number of aryl methyl sites for hydroxylation is 2. The minimum absolute atomic E-state index is 0.133. The van der Waals surface area contributed by atoms with Crippen molar-refractivity contribution in [3.8, 4) is 0 Å². The second-order valence-corrected chi connectivity index (χ2v) is 6.79. The average molecular weight is 252 g/mol. The smallest absolute Gasteiger partial charge is 0.0299 e. The highest BCUT2D eigenvalue weighted by Crippen LogP contribution is 2.29. The molecule has 0 amide bonds. The molecule has 1 fully saturated rings. The van der Waals surface area contributed by atoms with E-state index in [1.165, 1.54) is 41.0 Å². The minimum atomic E-state index is 0.133. The summed E-state index contributed by atoms with van der Waals surface area (Å²) in [5, 5.41) is 3.52. The first-order chi connectivity index (χ1) is 8.09. The van der Waals surface area contributed by atoms with Gasteiger partial charge in [0.15, 0.2) is 0 Å². The number of hydrogen-bond donors (Lipinski definition) is 2. The van der Waals surface area contributed by atoms with Crippen LogP contribution in [0.15, 0.2) is 6.07 Å². The van der Waals surface area contributed by atoms with Gasteiger partial charge in [-0.05, 0) is 51.3 Å². The summed E-state index contributed by atoms with van der Waals surface area (Å²) in [5.74, 6) is 0. The molecular weight excluding hydrogens is 228 g/mol. The van der Waals surface area contributed by atoms with Gasteiger partial charge in [-0.1, -0.05) is 12.8 Å². The van der Waals surface area contributed by atoms with E-state index in [9.17, 15) is 0 Å². The Hall–Kier alpha value is -0.380. The maximum Gasteiger partial charge on any atom is 0.0299 e. The largest absolute Gasteiger partial charge is 0.325 e. The molecule has 0 saturated heterocycles. The first-order valence-electron chi connectivity index (χ1n) is 6.65. The Morgan fingerprint density at radius 1 is 1.35 bits per heavy atom. The number of rotatable bonds is 5. The molecule has 0 atom stereocenters. The van der Waals surface area contributed by atoms with Crippen molar-refractivity contribution in [2.45, 2.75) is 58.0 Å². The Labute approximate surface area is 109 Å². The molecule has 1 saturated carbocycles. The summed E-state index contributed by atoms with van der Waals surface area (Å²) >= 11 is 1.90. The minimum Gasteiger partial charge on any atom is -0.325 e. The molecule has 1 aliphatic carbocycles. The van der Waals surface area contributed by atoms with Crippen molar-refractivity contribution in [2.75, 3.05) is 6.54 Å². The van der Waals surface area contributed by atoms with Gasteiger partial charge in [0.25, 0.3) is 0 Å². The van der Waals surface area contributed by atoms with Gasteiger partial charge in [-0.25, -0.2) is 0 Å². The predicted molar refractivity (Wildman–Crippen MR) is 75.5 cm³/mol. The molecule has 2 nitrogen and oxygen atoms in total. The maximum absolute atomic E-state index is 6.33. The summed E-state index contributed by atoms with van der Waals surface area (Å²) in [6.07, 6.45) is 6.19. The van der Waals surface area contributed by atoms with Crippen LogP contribution in [0, 0.1) is 13.8 Å². The summed E-state index contributed by atoms with van der Waals surface area (Å²) in [6.45, 7) is 6.42. The molecule has 96 valence electrons. The van der Waals surface area contributed by atoms with Crippen LogP contribution in [0.2, 0.25) is 0 Å². The monoisotopic (exact) mass is 252 g/mol. The normalized spacial score (nSPS) is 18.8. The van der Waals surface area contributed by atoms with Crippen LogP contribution in [0.5, 0.6) is 0 Å². The van der Waals surface area contributed by atoms with Gasteiger partial charge in [0.2, 0.25) is 0 Å². The van der Waals surface area contributed by atoms with Crippen molar-refractivity contribution >= 4 is 11.3 Å². The molecule has 1 aliphatic rings. The Kier molecular flexibility index (Phi) is 4.23. The third kappa shape index (κ3) is 3.54. The van der Waals surface area contributed by atoms with Gasteiger partial charge >= 0.3 is 0 Å². The molecule has 3 N–H and O–H groups in total. The van der Waals surface area contributed by atoms with Gasteiger partial charge < -0.3 is 11.1 Å². The van der Waals surface area contributed by atoms with E-state index in [4.69, 9.17) is 5.73 Å². The molecule has 0 bridgehead atoms. The van der Waals surface area contributed by atoms with Crippen LogP contribution in [0.4, 0.5) is 0 Å². The van der Waals surface area contributed by atoms with E-state index < -0.39 is 0 Å². The van der Waals surface area contributed by atoms with Crippen LogP contribution in [-0.2, 0) is 6.54 Å². The first kappa shape index (κ1) is 13.1. The van der Waals surface area contributed by atoms with Gasteiger partial charge in [-0.2, -0.15) is 0 Å². The number of hydrogen-bond acceptors (Lipinski definition) is 3. The van der Waals surface area contributed by atoms with Crippen LogP contribution in [0.3, 0.4) is 0 Å². The van der Waals surface area contributed by atoms with E-state index in [1.807, 2.05) is 11.3 Å². The van der Waals surface area contributed by atoms with E-state index >= 15 is 0 Å². The van der Waals surface area contributed by atoms with Crippen molar-refractivity contribution in [1.82, 2.24) is 5.32 Å². The molecular formula is C14H24N2S. The van der Waals surface area contributed by atoms with E-state index in [0.717, 1.165) is 19.5 Å². The highest BCUT2D eigenvalue weighted by atomic mass is 32.1. The molecule has 1 aromatic rings. The standard InChI is InChI=1S/C14H24N2S/c1-11-9-13(17-12(11)2)10-16-8-7-14(15)5-3-4-6-14/h9,16H,3-8,10,15H2,1-2H3. The fourth-order valence-corrected chi connectivity index (χ4v) is 3.64. The SMILES string of the molecule is Cc1cc(CNCCC2(N)CCCC2)sc1C. The Morgan fingerprint density at radius 3 is 2.65 bits per heavy atom. The molecule has 1 aromatic heterocycles. The molecule has 3 heteroatoms. The van der Waals surface area contributed by atoms with E-state index in [2.05, 4.69) is 25.2 Å². The average Bonchev–Trinajstić information content (AvgIpc) is 2.83. The van der Waals surface area contributed by atoms with Crippen molar-refractivity contribution in [2.24, 2.45) is 5.73 Å². The lowest BCUT2D eigenvalue weighted by molar-refractivity contribution is 0.394. The molecule has 0 spiro atoms. The third-order valence-electron chi connectivity index (χ3n) is 3.92. The van der Waals surface area contributed by atoms with Gasteiger partial charge in [-0.3, -0.25) is 0 Å². The Morgan fingerprint density at radius 2 is 2.06 bits per heavy atom. The second kappa shape index (κ2) is 5.51. The van der Waals surface area contributed by atoms with Gasteiger partial charge in [0.05, 0.1) is 0 Å². The zero-order chi connectivity index (χ0) is 12.3. The zero-order valence-electron chi connectivity index (χ0n) is 11.0. The lowest BCUT2D eigenvalue weighted by Crippen LogP contribution is -2.39. The highest BCUT2D eigenvalue weighted by Gasteiger charge is 2.28. The van der Waals surface area contributed by atoms with Crippen LogP contribution >= 0.6 is 11.3 Å². The quantitative estimate of drug-likeness (QED) is 0.790. The summed E-state index contributed by atoms with van der Waals surface area (Å²) in [7, 11) is 0. The number of nitrogens with two attached hydrogens (primary N) is 1. The molecule has 0 aliphatic heterocycles. The maximum atomic E-state index is 6.33. The molecule has 17 heavy (non-hydrogen) atoms. The zero-order valence-corrected chi connectivity index (χ0v) is 11.8. The lowest BCUT2D eigenvalue weighted by Gasteiger charge is -2.23. The lowest BCUT2D eigenvalue weighted by atomic mass is 9.95. The molecule has 0 unspecified atom stereocenters. The topological polar surface area (TPSA) is 38.0 Å². The predicted octanol–water partition coefficient (Wildman–Crippen LogP) is 3.12. The first-order valence-corrected chi connectivity index (χ1v) is 7.46. The van der Waals surface area contributed by atoms with Crippen LogP contribution in [0.1, 0.15) is 47.4 Å². The highest BCUT2D eigenvalue weighted by molar-refractivity contribution is 7.12. The number of nitrogens with one attached hydrogen (secondary N) is 1. The van der Waals surface area contributed by atoms with Crippen molar-refractivity contribution in [3.63, 3.8) is 0 Å². The number of thiophene rings is 1. The molecule has 0 radical (unpaired) electrons. The van der Waals surface area contributed by atoms with Crippen LogP contribution in [-0.4, -0.2) is 12.1 Å². The summed E-state index contributed by atoms with van der Waals surface area (Å²) in [5.41, 5.74) is 7.88. The summed E-state index contributed by atoms with van der Waals surface area (Å²) in [6, 6.07) is 2.29. The third-order valence-corrected chi connectivity index (χ3v) is 5.07. The fourth-order valence-electron chi connectivity index (χ4n) is 2.61. The fraction of sp³-hybridized carbons (Fsp3) is 0.714. The van der Waals surface area contributed by atoms with Crippen LogP contribution in [0.25, 0.3) is 0 Å². The van der Waals surface area contributed by atoms with Crippen molar-refractivity contribution in [3.05, 3.63) is 21.4 Å². The molecule has 2 rings (SSSR count). The second-order valence-electron chi connectivity index (χ2n) is 5.45. The van der Waals surface area contributed by atoms with E-state index in [1.54, 1.807) is 0 Å². The summed E-state index contributed by atoms with van der Waals surface area (Å²) in [4.78, 5) is 2.88. The van der Waals surface area contributed by atoms with Crippen molar-refractivity contribution < 1.29 is 0 Å². The van der Waals surface area contributed by atoms with E-state index in [-0.39, 0.29) is 5.54 Å². The van der Waals surface area contributed by atoms with Gasteiger partial charge in [0, 0.05) is 21.8 Å². The van der Waals surface area contributed by atoms with Gasteiger partial charge in [0.1, 0.15) is 0 Å². The Balaban J connectivity index is 1.69. The molecule has 1 heterocycles. The van der Waals surface area contributed by atoms with Crippen molar-refractivity contribution in [1.29, 1.82) is 0 Å². The Bertz CT molecular complexity index is 345. The van der Waals surface area contributed by atoms with Gasteiger partial charge in [-0.15, -0.1) is 11.3 Å².